The van der Waals surface area contributed by atoms with Crippen LogP contribution in [0.2, 0.25) is 5.02 Å². The average molecular weight is 495 g/mol. The molecule has 1 aromatic heterocycles. The summed E-state index contributed by atoms with van der Waals surface area (Å²) >= 11 is 6.10. The molecule has 3 aliphatic rings. The highest BCUT2D eigenvalue weighted by Crippen LogP contribution is 2.33. The minimum absolute atomic E-state index is 0.0646. The molecule has 0 radical (unpaired) electrons. The van der Waals surface area contributed by atoms with Crippen molar-refractivity contribution in [3.05, 3.63) is 46.6 Å². The van der Waals surface area contributed by atoms with Crippen LogP contribution in [0.15, 0.2) is 30.3 Å². The Morgan fingerprint density at radius 3 is 2.46 bits per heavy atom. The number of fused-ring (bicyclic) bond motifs is 2. The lowest BCUT2D eigenvalue weighted by Gasteiger charge is -2.41. The van der Waals surface area contributed by atoms with Crippen molar-refractivity contribution >= 4 is 23.3 Å². The number of nitriles is 1. The molecule has 1 N–H and O–H groups in total. The van der Waals surface area contributed by atoms with Crippen molar-refractivity contribution in [2.75, 3.05) is 24.5 Å². The lowest BCUT2D eigenvalue weighted by molar-refractivity contribution is 0.0888. The Kier molecular flexibility index (Phi) is 7.07. The van der Waals surface area contributed by atoms with Gasteiger partial charge in [0.05, 0.1) is 16.7 Å². The minimum atomic E-state index is -0.175. The van der Waals surface area contributed by atoms with E-state index in [9.17, 15) is 4.79 Å². The van der Waals surface area contributed by atoms with E-state index in [0.717, 1.165) is 51.1 Å². The van der Waals surface area contributed by atoms with Gasteiger partial charge in [-0.2, -0.15) is 5.26 Å². The first-order chi connectivity index (χ1) is 17.0. The Morgan fingerprint density at radius 1 is 1.11 bits per heavy atom. The Bertz CT molecular complexity index is 1080. The molecule has 1 aromatic carbocycles. The van der Waals surface area contributed by atoms with E-state index in [1.54, 1.807) is 24.3 Å². The van der Waals surface area contributed by atoms with Gasteiger partial charge in [0.25, 0.3) is 5.91 Å². The molecule has 2 atom stereocenters. The second-order valence-corrected chi connectivity index (χ2v) is 10.1. The second kappa shape index (κ2) is 10.4. The van der Waals surface area contributed by atoms with Gasteiger partial charge in [0.2, 0.25) is 0 Å². The molecule has 184 valence electrons. The van der Waals surface area contributed by atoms with Gasteiger partial charge < -0.3 is 15.0 Å². The largest absolute Gasteiger partial charge is 0.490 e. The number of nitrogens with zero attached hydrogens (tertiary/aromatic N) is 5. The van der Waals surface area contributed by atoms with Crippen molar-refractivity contribution in [1.82, 2.24) is 20.4 Å². The van der Waals surface area contributed by atoms with E-state index in [2.05, 4.69) is 38.3 Å². The molecule has 8 nitrogen and oxygen atoms in total. The smallest absolute Gasteiger partial charge is 0.272 e. The zero-order valence-electron chi connectivity index (χ0n) is 20.0. The van der Waals surface area contributed by atoms with E-state index in [1.807, 2.05) is 6.07 Å². The molecule has 9 heteroatoms. The number of halogens is 1. The second-order valence-electron chi connectivity index (χ2n) is 9.74. The van der Waals surface area contributed by atoms with E-state index in [4.69, 9.17) is 21.6 Å². The van der Waals surface area contributed by atoms with Crippen LogP contribution in [0.25, 0.3) is 0 Å². The molecule has 1 saturated carbocycles. The summed E-state index contributed by atoms with van der Waals surface area (Å²) in [6, 6.07) is 12.0. The van der Waals surface area contributed by atoms with Crippen LogP contribution in [0.5, 0.6) is 5.75 Å². The van der Waals surface area contributed by atoms with Gasteiger partial charge in [0, 0.05) is 37.3 Å². The van der Waals surface area contributed by atoms with Crippen molar-refractivity contribution in [3.63, 3.8) is 0 Å². The van der Waals surface area contributed by atoms with E-state index >= 15 is 0 Å². The number of nitrogens with one attached hydrogen (secondary N) is 1. The Balaban J connectivity index is 1.11. The van der Waals surface area contributed by atoms with Crippen molar-refractivity contribution in [3.8, 4) is 11.8 Å². The van der Waals surface area contributed by atoms with Crippen LogP contribution in [-0.4, -0.2) is 64.9 Å². The normalized spacial score (nSPS) is 26.3. The van der Waals surface area contributed by atoms with Crippen LogP contribution >= 0.6 is 11.6 Å². The van der Waals surface area contributed by atoms with Gasteiger partial charge in [-0.1, -0.05) is 18.5 Å². The first kappa shape index (κ1) is 23.8. The topological polar surface area (TPSA) is 94.4 Å². The summed E-state index contributed by atoms with van der Waals surface area (Å²) in [5.41, 5.74) is 0.798. The number of carbonyl (C=O) groups excluding carboxylic acids is 1. The van der Waals surface area contributed by atoms with E-state index < -0.39 is 0 Å². The highest BCUT2D eigenvalue weighted by atomic mass is 35.5. The summed E-state index contributed by atoms with van der Waals surface area (Å²) in [6.45, 7) is 5.44. The van der Waals surface area contributed by atoms with Gasteiger partial charge in [-0.25, -0.2) is 0 Å². The van der Waals surface area contributed by atoms with Crippen LogP contribution < -0.4 is 15.0 Å². The lowest BCUT2D eigenvalue weighted by atomic mass is 9.93. The number of hydrogen-bond acceptors (Lipinski definition) is 7. The fraction of sp³-hybridized carbons (Fsp3) is 0.538. The number of hydrogen-bond donors (Lipinski definition) is 1. The molecular formula is C26H31ClN6O2. The van der Waals surface area contributed by atoms with E-state index in [0.29, 0.717) is 34.1 Å². The Morgan fingerprint density at radius 2 is 1.86 bits per heavy atom. The lowest BCUT2D eigenvalue weighted by Crippen LogP contribution is -2.54. The Hall–Kier alpha value is -2.89. The predicted octanol–water partition coefficient (Wildman–Crippen LogP) is 3.79. The Labute approximate surface area is 211 Å². The highest BCUT2D eigenvalue weighted by Gasteiger charge is 2.40. The first-order valence-corrected chi connectivity index (χ1v) is 12.9. The fourth-order valence-corrected chi connectivity index (χ4v) is 5.86. The zero-order valence-corrected chi connectivity index (χ0v) is 20.7. The number of rotatable bonds is 6. The number of piperazine rings is 1. The predicted molar refractivity (Wildman–Crippen MR) is 134 cm³/mol. The zero-order chi connectivity index (χ0) is 24.4. The number of likely N-dealkylation sites (tertiary alicyclic amines) is 1. The summed E-state index contributed by atoms with van der Waals surface area (Å²) in [5.74, 6) is 1.37. The van der Waals surface area contributed by atoms with Gasteiger partial charge in [-0.15, -0.1) is 10.2 Å². The maximum atomic E-state index is 12.8. The summed E-state index contributed by atoms with van der Waals surface area (Å²) in [5, 5.41) is 21.2. The number of ether oxygens (including phenoxy) is 1. The molecule has 3 heterocycles. The number of anilines is 1. The highest BCUT2D eigenvalue weighted by molar-refractivity contribution is 6.31. The molecular weight excluding hydrogens is 464 g/mol. The molecule has 1 amide bonds. The third-order valence-electron chi connectivity index (χ3n) is 7.53. The summed E-state index contributed by atoms with van der Waals surface area (Å²) < 4.78 is 6.04. The first-order valence-electron chi connectivity index (χ1n) is 12.6. The van der Waals surface area contributed by atoms with Crippen molar-refractivity contribution in [2.24, 2.45) is 0 Å². The van der Waals surface area contributed by atoms with Gasteiger partial charge >= 0.3 is 0 Å². The van der Waals surface area contributed by atoms with Gasteiger partial charge in [-0.05, 0) is 69.3 Å². The van der Waals surface area contributed by atoms with Gasteiger partial charge in [0.1, 0.15) is 11.8 Å². The number of likely N-dealkylation sites (N-methyl/N-ethyl adjacent to an activating group) is 1. The van der Waals surface area contributed by atoms with E-state index in [1.165, 1.54) is 12.8 Å². The third kappa shape index (κ3) is 5.21. The van der Waals surface area contributed by atoms with Gasteiger partial charge in [0.15, 0.2) is 11.5 Å². The molecule has 2 aromatic rings. The molecule has 3 fully saturated rings. The molecule has 5 rings (SSSR count). The molecule has 2 unspecified atom stereocenters. The summed E-state index contributed by atoms with van der Waals surface area (Å²) in [7, 11) is 0. The molecule has 2 saturated heterocycles. The molecule has 0 spiro atoms. The van der Waals surface area contributed by atoms with Crippen LogP contribution in [0.4, 0.5) is 5.82 Å². The van der Waals surface area contributed by atoms with Gasteiger partial charge in [-0.3, -0.25) is 9.69 Å². The van der Waals surface area contributed by atoms with E-state index in [-0.39, 0.29) is 18.1 Å². The van der Waals surface area contributed by atoms with Crippen molar-refractivity contribution < 1.29 is 9.53 Å². The number of benzene rings is 1. The molecule has 2 aliphatic heterocycles. The SMILES string of the molecule is CCN1CC2CCC(C1)N2c1ccc(C(=O)NC2CCC(Oc3ccc(C#N)c(Cl)c3)CC2)nn1. The van der Waals surface area contributed by atoms with Crippen LogP contribution in [-0.2, 0) is 0 Å². The number of amides is 1. The molecule has 2 bridgehead atoms. The standard InChI is InChI=1S/C26H31ClN6O2/c1-2-32-15-19-6-7-20(16-32)33(19)25-12-11-24(30-31-25)26(34)29-18-4-9-21(10-5-18)35-22-8-3-17(14-28)23(27)13-22/h3,8,11-13,18-21H,2,4-7,9-10,15-16H2,1H3,(H,29,34). The third-order valence-corrected chi connectivity index (χ3v) is 7.84. The fourth-order valence-electron chi connectivity index (χ4n) is 5.64. The van der Waals surface area contributed by atoms with Crippen molar-refractivity contribution in [2.45, 2.75) is 69.7 Å². The summed E-state index contributed by atoms with van der Waals surface area (Å²) in [6.07, 6.45) is 5.77. The minimum Gasteiger partial charge on any atom is -0.490 e. The molecule has 1 aliphatic carbocycles. The average Bonchev–Trinajstić information content (AvgIpc) is 3.14. The quantitative estimate of drug-likeness (QED) is 0.652. The van der Waals surface area contributed by atoms with Crippen LogP contribution in [0.3, 0.4) is 0 Å². The maximum Gasteiger partial charge on any atom is 0.272 e. The van der Waals surface area contributed by atoms with Crippen molar-refractivity contribution in [1.29, 1.82) is 5.26 Å². The monoisotopic (exact) mass is 494 g/mol. The number of aromatic nitrogens is 2. The van der Waals surface area contributed by atoms with Crippen LogP contribution in [0, 0.1) is 11.3 Å². The molecule has 35 heavy (non-hydrogen) atoms. The number of carbonyl (C=O) groups is 1. The van der Waals surface area contributed by atoms with Crippen LogP contribution in [0.1, 0.15) is 61.5 Å². The summed E-state index contributed by atoms with van der Waals surface area (Å²) in [4.78, 5) is 17.7. The maximum absolute atomic E-state index is 12.8.